The van der Waals surface area contributed by atoms with Gasteiger partial charge in [0, 0.05) is 16.5 Å². The van der Waals surface area contributed by atoms with Crippen molar-refractivity contribution >= 4 is 16.9 Å². The molecule has 0 atom stereocenters. The van der Waals surface area contributed by atoms with Crippen molar-refractivity contribution in [3.05, 3.63) is 34.6 Å². The second-order valence-corrected chi connectivity index (χ2v) is 6.86. The van der Waals surface area contributed by atoms with E-state index in [-0.39, 0.29) is 11.2 Å². The molecule has 0 bridgehead atoms. The van der Waals surface area contributed by atoms with E-state index >= 15 is 0 Å². The van der Waals surface area contributed by atoms with Gasteiger partial charge in [0.15, 0.2) is 0 Å². The molecule has 1 saturated carbocycles. The molecule has 3 nitrogen and oxygen atoms in total. The van der Waals surface area contributed by atoms with E-state index in [1.807, 2.05) is 0 Å². The largest absolute Gasteiger partial charge is 0.475 e. The second kappa shape index (κ2) is 4.11. The Kier molecular flexibility index (Phi) is 2.72. The van der Waals surface area contributed by atoms with Crippen molar-refractivity contribution in [2.75, 3.05) is 0 Å². The molecule has 2 aromatic rings. The molecule has 0 spiro atoms. The zero-order chi connectivity index (χ0) is 14.7. The first-order chi connectivity index (χ1) is 9.29. The quantitative estimate of drug-likeness (QED) is 0.868. The van der Waals surface area contributed by atoms with Gasteiger partial charge in [0.05, 0.1) is 0 Å². The van der Waals surface area contributed by atoms with Gasteiger partial charge in [0.1, 0.15) is 5.58 Å². The zero-order valence-corrected chi connectivity index (χ0v) is 12.4. The summed E-state index contributed by atoms with van der Waals surface area (Å²) < 4.78 is 5.78. The van der Waals surface area contributed by atoms with Crippen LogP contribution in [-0.4, -0.2) is 11.1 Å². The molecule has 106 valence electrons. The van der Waals surface area contributed by atoms with Gasteiger partial charge in [0.2, 0.25) is 5.76 Å². The van der Waals surface area contributed by atoms with Crippen LogP contribution in [0.15, 0.2) is 16.5 Å². The molecule has 20 heavy (non-hydrogen) atoms. The lowest BCUT2D eigenvalue weighted by Crippen LogP contribution is -2.11. The molecular weight excluding hydrogens is 252 g/mol. The number of furan rings is 1. The number of hydrogen-bond donors (Lipinski definition) is 1. The molecule has 1 aromatic carbocycles. The molecule has 1 heterocycles. The van der Waals surface area contributed by atoms with Gasteiger partial charge in [0.25, 0.3) is 0 Å². The Balaban J connectivity index is 2.39. The van der Waals surface area contributed by atoms with Gasteiger partial charge in [-0.3, -0.25) is 0 Å². The van der Waals surface area contributed by atoms with Crippen molar-refractivity contribution in [1.82, 2.24) is 0 Å². The van der Waals surface area contributed by atoms with E-state index in [0.717, 1.165) is 40.5 Å². The predicted molar refractivity (Wildman–Crippen MR) is 78.6 cm³/mol. The Morgan fingerprint density at radius 1 is 1.30 bits per heavy atom. The Morgan fingerprint density at radius 3 is 2.45 bits per heavy atom. The molecule has 1 fully saturated rings. The van der Waals surface area contributed by atoms with Crippen molar-refractivity contribution in [3.8, 4) is 0 Å². The highest BCUT2D eigenvalue weighted by Gasteiger charge is 2.35. The fraction of sp³-hybridized carbons (Fsp3) is 0.471. The first kappa shape index (κ1) is 13.2. The summed E-state index contributed by atoms with van der Waals surface area (Å²) in [6.07, 6.45) is 2.13. The highest BCUT2D eigenvalue weighted by atomic mass is 16.4. The van der Waals surface area contributed by atoms with Crippen LogP contribution < -0.4 is 0 Å². The van der Waals surface area contributed by atoms with Crippen LogP contribution in [0, 0.1) is 6.92 Å². The highest BCUT2D eigenvalue weighted by molar-refractivity contribution is 5.97. The topological polar surface area (TPSA) is 50.4 Å². The summed E-state index contributed by atoms with van der Waals surface area (Å²) in [5.41, 5.74) is 3.83. The molecule has 1 aliphatic carbocycles. The van der Waals surface area contributed by atoms with Crippen molar-refractivity contribution in [3.63, 3.8) is 0 Å². The molecule has 0 amide bonds. The number of aromatic carboxylic acids is 1. The predicted octanol–water partition coefficient (Wildman–Crippen LogP) is 4.61. The second-order valence-electron chi connectivity index (χ2n) is 6.86. The van der Waals surface area contributed by atoms with Gasteiger partial charge in [-0.15, -0.1) is 0 Å². The van der Waals surface area contributed by atoms with E-state index in [2.05, 4.69) is 39.8 Å². The van der Waals surface area contributed by atoms with Crippen LogP contribution in [0.4, 0.5) is 0 Å². The van der Waals surface area contributed by atoms with Crippen LogP contribution in [0.25, 0.3) is 11.0 Å². The third kappa shape index (κ3) is 2.01. The van der Waals surface area contributed by atoms with Crippen LogP contribution in [-0.2, 0) is 5.41 Å². The summed E-state index contributed by atoms with van der Waals surface area (Å²) in [6, 6.07) is 4.17. The van der Waals surface area contributed by atoms with E-state index < -0.39 is 5.97 Å². The Bertz CT molecular complexity index is 697. The van der Waals surface area contributed by atoms with Gasteiger partial charge in [-0.05, 0) is 42.7 Å². The molecule has 0 unspecified atom stereocenters. The van der Waals surface area contributed by atoms with Crippen LogP contribution in [0.2, 0.25) is 0 Å². The van der Waals surface area contributed by atoms with E-state index in [1.165, 1.54) is 0 Å². The number of fused-ring (bicyclic) bond motifs is 1. The smallest absolute Gasteiger partial charge is 0.372 e. The Morgan fingerprint density at radius 2 is 1.95 bits per heavy atom. The summed E-state index contributed by atoms with van der Waals surface area (Å²) in [5, 5.41) is 10.4. The lowest BCUT2D eigenvalue weighted by Gasteiger charge is -2.19. The number of rotatable bonds is 2. The molecule has 1 aliphatic rings. The van der Waals surface area contributed by atoms with Crippen molar-refractivity contribution in [2.24, 2.45) is 0 Å². The minimum absolute atomic E-state index is 0.0707. The van der Waals surface area contributed by atoms with Gasteiger partial charge in [-0.2, -0.15) is 0 Å². The molecule has 1 N–H and O–H groups in total. The summed E-state index contributed by atoms with van der Waals surface area (Å²) in [5.74, 6) is -0.462. The van der Waals surface area contributed by atoms with Crippen LogP contribution in [0.1, 0.15) is 66.8 Å². The first-order valence-electron chi connectivity index (χ1n) is 7.10. The van der Waals surface area contributed by atoms with Crippen molar-refractivity contribution < 1.29 is 14.3 Å². The number of hydrogen-bond acceptors (Lipinski definition) is 2. The lowest BCUT2D eigenvalue weighted by atomic mass is 9.84. The average Bonchev–Trinajstić information content (AvgIpc) is 3.07. The van der Waals surface area contributed by atoms with Crippen LogP contribution >= 0.6 is 0 Å². The molecular formula is C17H20O3. The van der Waals surface area contributed by atoms with Crippen LogP contribution in [0.3, 0.4) is 0 Å². The highest BCUT2D eigenvalue weighted by Crippen LogP contribution is 2.47. The lowest BCUT2D eigenvalue weighted by molar-refractivity contribution is 0.0663. The standard InChI is InChI=1S/C17H20O3/c1-9-7-11-13(10-5-6-10)15(16(18)19)20-14(11)12(8-9)17(2,3)4/h7-8,10H,5-6H2,1-4H3,(H,18,19). The summed E-state index contributed by atoms with van der Waals surface area (Å²) in [6.45, 7) is 8.43. The van der Waals surface area contributed by atoms with E-state index in [1.54, 1.807) is 0 Å². The van der Waals surface area contributed by atoms with Gasteiger partial charge < -0.3 is 9.52 Å². The molecule has 0 saturated heterocycles. The third-order valence-electron chi connectivity index (χ3n) is 3.96. The number of benzene rings is 1. The summed E-state index contributed by atoms with van der Waals surface area (Å²) >= 11 is 0. The fourth-order valence-electron chi connectivity index (χ4n) is 2.86. The monoisotopic (exact) mass is 272 g/mol. The number of carbonyl (C=O) groups is 1. The number of aryl methyl sites for hydroxylation is 1. The molecule has 1 aromatic heterocycles. The van der Waals surface area contributed by atoms with Crippen LogP contribution in [0.5, 0.6) is 0 Å². The maximum absolute atomic E-state index is 11.5. The number of carboxylic acids is 1. The zero-order valence-electron chi connectivity index (χ0n) is 12.4. The normalized spacial score (nSPS) is 15.8. The third-order valence-corrected chi connectivity index (χ3v) is 3.96. The average molecular weight is 272 g/mol. The van der Waals surface area contributed by atoms with Gasteiger partial charge in [-0.25, -0.2) is 4.79 Å². The van der Waals surface area contributed by atoms with Gasteiger partial charge in [-0.1, -0.05) is 26.8 Å². The molecule has 0 aliphatic heterocycles. The molecule has 3 rings (SSSR count). The maximum atomic E-state index is 11.5. The minimum atomic E-state index is -0.958. The molecule has 0 radical (unpaired) electrons. The number of carboxylic acid groups (broad SMARTS) is 1. The first-order valence-corrected chi connectivity index (χ1v) is 7.10. The summed E-state index contributed by atoms with van der Waals surface area (Å²) in [7, 11) is 0. The SMILES string of the molecule is Cc1cc(C(C)(C)C)c2oc(C(=O)O)c(C3CC3)c2c1. The van der Waals surface area contributed by atoms with Gasteiger partial charge >= 0.3 is 5.97 Å². The maximum Gasteiger partial charge on any atom is 0.372 e. The van der Waals surface area contributed by atoms with Crippen molar-refractivity contribution in [2.45, 2.75) is 51.9 Å². The van der Waals surface area contributed by atoms with E-state index in [9.17, 15) is 9.90 Å². The van der Waals surface area contributed by atoms with E-state index in [0.29, 0.717) is 5.92 Å². The fourth-order valence-corrected chi connectivity index (χ4v) is 2.86. The summed E-state index contributed by atoms with van der Waals surface area (Å²) in [4.78, 5) is 11.5. The minimum Gasteiger partial charge on any atom is -0.475 e. The van der Waals surface area contributed by atoms with Crippen molar-refractivity contribution in [1.29, 1.82) is 0 Å². The Labute approximate surface area is 118 Å². The Hall–Kier alpha value is -1.77. The molecule has 3 heteroatoms. The van der Waals surface area contributed by atoms with E-state index in [4.69, 9.17) is 4.42 Å².